The first kappa shape index (κ1) is 23.4. The van der Waals surface area contributed by atoms with E-state index in [9.17, 15) is 4.79 Å². The van der Waals surface area contributed by atoms with Gasteiger partial charge in [-0.1, -0.05) is 48.6 Å². The van der Waals surface area contributed by atoms with Gasteiger partial charge in [0.2, 0.25) is 5.91 Å². The molecule has 0 fully saturated rings. The normalized spacial score (nSPS) is 18.5. The number of amides is 1. The minimum absolute atomic E-state index is 0.0509. The molecule has 1 N–H and O–H groups in total. The molecule has 2 rings (SSSR count). The van der Waals surface area contributed by atoms with Gasteiger partial charge in [-0.05, 0) is 36.6 Å². The summed E-state index contributed by atoms with van der Waals surface area (Å²) in [6.07, 6.45) is 16.6. The highest BCUT2D eigenvalue weighted by Crippen LogP contribution is 2.35. The molecule has 1 aliphatic rings. The van der Waals surface area contributed by atoms with Crippen LogP contribution in [0.3, 0.4) is 0 Å². The van der Waals surface area contributed by atoms with Gasteiger partial charge in [0.1, 0.15) is 19.3 Å². The van der Waals surface area contributed by atoms with Crippen LogP contribution in [0.4, 0.5) is 0 Å². The van der Waals surface area contributed by atoms with Gasteiger partial charge in [0.15, 0.2) is 11.5 Å². The van der Waals surface area contributed by atoms with Gasteiger partial charge in [-0.2, -0.15) is 0 Å². The van der Waals surface area contributed by atoms with Crippen molar-refractivity contribution in [2.75, 3.05) is 26.9 Å². The molecular weight excluding hydrogens is 402 g/mol. The highest BCUT2D eigenvalue weighted by Gasteiger charge is 2.38. The molecule has 1 amide bonds. The molecule has 5 nitrogen and oxygen atoms in total. The topological polar surface area (TPSA) is 56.8 Å². The largest absolute Gasteiger partial charge is 0.493 e. The lowest BCUT2D eigenvalue weighted by atomic mass is 9.78. The Kier molecular flexibility index (Phi) is 8.87. The van der Waals surface area contributed by atoms with Gasteiger partial charge in [0, 0.05) is 17.0 Å². The average Bonchev–Trinajstić information content (AvgIpc) is 2.75. The van der Waals surface area contributed by atoms with Gasteiger partial charge in [0.05, 0.1) is 7.11 Å². The number of nitrogens with one attached hydrogen (secondary N) is 1. The molecule has 6 heteroatoms. The molecule has 0 aliphatic heterocycles. The second kappa shape index (κ2) is 11.4. The van der Waals surface area contributed by atoms with Crippen molar-refractivity contribution in [3.8, 4) is 36.2 Å². The summed E-state index contributed by atoms with van der Waals surface area (Å²) in [6.45, 7) is 2.59. The molecule has 2 atom stereocenters. The Bertz CT molecular complexity index is 893. The van der Waals surface area contributed by atoms with E-state index in [4.69, 9.17) is 38.7 Å². The number of hydrogen-bond acceptors (Lipinski definition) is 4. The summed E-state index contributed by atoms with van der Waals surface area (Å²) >= 11 is 6.02. The molecule has 0 heterocycles. The van der Waals surface area contributed by atoms with Gasteiger partial charge in [-0.15, -0.1) is 12.8 Å². The number of ether oxygens (including phenoxy) is 3. The lowest BCUT2D eigenvalue weighted by molar-refractivity contribution is -0.138. The number of carbonyl (C=O) groups is 1. The van der Waals surface area contributed by atoms with Crippen LogP contribution in [0, 0.1) is 30.1 Å². The molecule has 0 spiro atoms. The first-order valence-corrected chi connectivity index (χ1v) is 9.92. The number of allylic oxidation sites excluding steroid dienone is 3. The van der Waals surface area contributed by atoms with Crippen molar-refractivity contribution in [2.24, 2.45) is 5.41 Å². The van der Waals surface area contributed by atoms with Crippen LogP contribution < -0.4 is 14.8 Å². The number of methoxy groups -OCH3 is 1. The second-order valence-electron chi connectivity index (χ2n) is 7.05. The van der Waals surface area contributed by atoms with Crippen LogP contribution in [0.5, 0.6) is 11.5 Å². The van der Waals surface area contributed by atoms with E-state index in [0.29, 0.717) is 35.9 Å². The van der Waals surface area contributed by atoms with Crippen molar-refractivity contribution in [2.45, 2.75) is 25.9 Å². The Morgan fingerprint density at radius 1 is 1.30 bits per heavy atom. The van der Waals surface area contributed by atoms with Crippen molar-refractivity contribution >= 4 is 17.5 Å². The summed E-state index contributed by atoms with van der Waals surface area (Å²) in [5, 5.41) is 3.59. The molecule has 1 aromatic carbocycles. The fraction of sp³-hybridized carbons (Fsp3) is 0.375. The number of halogens is 1. The van der Waals surface area contributed by atoms with Gasteiger partial charge in [-0.3, -0.25) is 4.79 Å². The second-order valence-corrected chi connectivity index (χ2v) is 7.48. The molecule has 1 aliphatic carbocycles. The molecule has 158 valence electrons. The van der Waals surface area contributed by atoms with Gasteiger partial charge >= 0.3 is 0 Å². The minimum Gasteiger partial charge on any atom is -0.493 e. The van der Waals surface area contributed by atoms with Gasteiger partial charge in [0.25, 0.3) is 0 Å². The van der Waals surface area contributed by atoms with Gasteiger partial charge < -0.3 is 19.5 Å². The van der Waals surface area contributed by atoms with Crippen LogP contribution in [-0.4, -0.2) is 38.9 Å². The molecule has 0 bridgehead atoms. The quantitative estimate of drug-likeness (QED) is 0.581. The Labute approximate surface area is 183 Å². The van der Waals surface area contributed by atoms with E-state index in [-0.39, 0.29) is 19.1 Å². The standard InChI is InChI=1S/C24H26ClNO4/c1-5-15-29-20-8-7-18(17-21(20)28-4)11-14-26-23(27)22(30-16-6-2)24(3)12-9-19(25)10-13-24/h1-2,7-10,12,17,22H,11,13-16H2,3-4H3,(H,26,27). The SMILES string of the molecule is C#CCOc1ccc(CCNC(=O)C(OCC#C)C2(C)C=CC(Cl)=CC2)cc1OC. The van der Waals surface area contributed by atoms with E-state index in [0.717, 1.165) is 5.56 Å². The predicted molar refractivity (Wildman–Crippen MR) is 118 cm³/mol. The van der Waals surface area contributed by atoms with Crippen molar-refractivity contribution in [1.29, 1.82) is 0 Å². The van der Waals surface area contributed by atoms with E-state index >= 15 is 0 Å². The van der Waals surface area contributed by atoms with Crippen LogP contribution >= 0.6 is 11.6 Å². The first-order chi connectivity index (χ1) is 14.4. The maximum Gasteiger partial charge on any atom is 0.250 e. The van der Waals surface area contributed by atoms with Crippen LogP contribution in [-0.2, 0) is 16.0 Å². The van der Waals surface area contributed by atoms with Gasteiger partial charge in [-0.25, -0.2) is 0 Å². The monoisotopic (exact) mass is 427 g/mol. The summed E-state index contributed by atoms with van der Waals surface area (Å²) in [6, 6.07) is 5.57. The van der Waals surface area contributed by atoms with E-state index in [1.54, 1.807) is 19.3 Å². The number of hydrogen-bond donors (Lipinski definition) is 1. The Balaban J connectivity index is 1.99. The van der Waals surface area contributed by atoms with Crippen LogP contribution in [0.1, 0.15) is 18.9 Å². The highest BCUT2D eigenvalue weighted by molar-refractivity contribution is 6.31. The molecular formula is C24H26ClNO4. The number of benzene rings is 1. The molecule has 30 heavy (non-hydrogen) atoms. The van der Waals surface area contributed by atoms with Crippen molar-refractivity contribution in [3.63, 3.8) is 0 Å². The van der Waals surface area contributed by atoms with Crippen molar-refractivity contribution in [3.05, 3.63) is 47.0 Å². The third-order valence-corrected chi connectivity index (χ3v) is 5.06. The van der Waals surface area contributed by atoms with E-state index in [1.807, 2.05) is 31.2 Å². The molecule has 2 unspecified atom stereocenters. The summed E-state index contributed by atoms with van der Waals surface area (Å²) in [4.78, 5) is 12.9. The fourth-order valence-corrected chi connectivity index (χ4v) is 3.28. The molecule has 0 saturated heterocycles. The molecule has 0 radical (unpaired) electrons. The zero-order valence-corrected chi connectivity index (χ0v) is 18.0. The molecule has 0 aromatic heterocycles. The van der Waals surface area contributed by atoms with E-state index in [2.05, 4.69) is 17.2 Å². The average molecular weight is 428 g/mol. The summed E-state index contributed by atoms with van der Waals surface area (Å²) in [7, 11) is 1.57. The first-order valence-electron chi connectivity index (χ1n) is 9.54. The number of terminal acetylenes is 2. The Morgan fingerprint density at radius 2 is 2.07 bits per heavy atom. The lowest BCUT2D eigenvalue weighted by Gasteiger charge is -2.34. The van der Waals surface area contributed by atoms with Crippen molar-refractivity contribution in [1.82, 2.24) is 5.32 Å². The predicted octanol–water partition coefficient (Wildman–Crippen LogP) is 3.47. The number of carbonyl (C=O) groups excluding carboxylic acids is 1. The molecule has 0 saturated carbocycles. The highest BCUT2D eigenvalue weighted by atomic mass is 35.5. The maximum absolute atomic E-state index is 12.9. The van der Waals surface area contributed by atoms with Crippen molar-refractivity contribution < 1.29 is 19.0 Å². The van der Waals surface area contributed by atoms with Crippen LogP contribution in [0.2, 0.25) is 0 Å². The fourth-order valence-electron chi connectivity index (χ4n) is 3.14. The minimum atomic E-state index is -0.722. The third kappa shape index (κ3) is 6.32. The lowest BCUT2D eigenvalue weighted by Crippen LogP contribution is -2.47. The molecule has 1 aromatic rings. The number of rotatable bonds is 10. The Hall–Kier alpha value is -2.86. The summed E-state index contributed by atoms with van der Waals surface area (Å²) in [5.41, 5.74) is 0.457. The van der Waals surface area contributed by atoms with E-state index in [1.165, 1.54) is 0 Å². The smallest absolute Gasteiger partial charge is 0.250 e. The third-order valence-electron chi connectivity index (χ3n) is 4.78. The van der Waals surface area contributed by atoms with Crippen LogP contribution in [0.15, 0.2) is 41.5 Å². The van der Waals surface area contributed by atoms with Crippen LogP contribution in [0.25, 0.3) is 0 Å². The van der Waals surface area contributed by atoms with E-state index < -0.39 is 11.5 Å². The maximum atomic E-state index is 12.9. The summed E-state index contributed by atoms with van der Waals surface area (Å²) < 4.78 is 16.5. The zero-order chi connectivity index (χ0) is 22.0. The summed E-state index contributed by atoms with van der Waals surface area (Å²) in [5.74, 6) is 5.80. The zero-order valence-electron chi connectivity index (χ0n) is 17.2. The Morgan fingerprint density at radius 3 is 2.70 bits per heavy atom.